The quantitative estimate of drug-likeness (QED) is 0.679. The van der Waals surface area contributed by atoms with Crippen molar-refractivity contribution in [3.63, 3.8) is 0 Å². The third kappa shape index (κ3) is 3.48. The van der Waals surface area contributed by atoms with E-state index < -0.39 is 11.0 Å². The van der Waals surface area contributed by atoms with Gasteiger partial charge in [-0.25, -0.2) is 0 Å². The summed E-state index contributed by atoms with van der Waals surface area (Å²) in [5.74, 6) is -0.378. The van der Waals surface area contributed by atoms with Crippen LogP contribution in [0.1, 0.15) is 17.2 Å². The Morgan fingerprint density at radius 1 is 1.23 bits per heavy atom. The van der Waals surface area contributed by atoms with E-state index >= 15 is 0 Å². The molecular weight excluding hydrogens is 284 g/mol. The first-order chi connectivity index (χ1) is 10.5. The van der Waals surface area contributed by atoms with Crippen LogP contribution < -0.4 is 5.32 Å². The van der Waals surface area contributed by atoms with Gasteiger partial charge in [0.2, 0.25) is 0 Å². The van der Waals surface area contributed by atoms with Crippen molar-refractivity contribution in [3.8, 4) is 0 Å². The van der Waals surface area contributed by atoms with Crippen LogP contribution in [0.5, 0.6) is 0 Å². The van der Waals surface area contributed by atoms with Crippen molar-refractivity contribution in [2.75, 3.05) is 12.4 Å². The predicted octanol–water partition coefficient (Wildman–Crippen LogP) is 3.23. The number of nitrogens with zero attached hydrogens (tertiary/aromatic N) is 1. The highest BCUT2D eigenvalue weighted by molar-refractivity contribution is 5.95. The molecule has 1 amide bonds. The third-order valence-corrected chi connectivity index (χ3v) is 3.27. The van der Waals surface area contributed by atoms with Gasteiger partial charge in [-0.05, 0) is 18.1 Å². The predicted molar refractivity (Wildman–Crippen MR) is 82.7 cm³/mol. The maximum Gasteiger partial charge on any atom is 0.271 e. The van der Waals surface area contributed by atoms with Crippen LogP contribution in [0.3, 0.4) is 0 Å². The van der Waals surface area contributed by atoms with Crippen LogP contribution in [0.2, 0.25) is 0 Å². The molecule has 1 N–H and O–H groups in total. The van der Waals surface area contributed by atoms with Gasteiger partial charge in [0.15, 0.2) is 6.10 Å². The van der Waals surface area contributed by atoms with Gasteiger partial charge in [0.25, 0.3) is 11.6 Å². The summed E-state index contributed by atoms with van der Waals surface area (Å²) in [5, 5.41) is 13.5. The molecule has 0 spiro atoms. The van der Waals surface area contributed by atoms with Crippen LogP contribution in [0.15, 0.2) is 48.5 Å². The SMILES string of the molecule is CO[C@H](C(=O)Nc1cc([N+](=O)[O-])ccc1C)c1ccccc1. The molecule has 22 heavy (non-hydrogen) atoms. The number of hydrogen-bond donors (Lipinski definition) is 1. The van der Waals surface area contributed by atoms with Gasteiger partial charge in [0, 0.05) is 19.2 Å². The number of nitro benzene ring substituents is 1. The van der Waals surface area contributed by atoms with Crippen LogP contribution in [0.4, 0.5) is 11.4 Å². The molecule has 0 aliphatic heterocycles. The number of nitrogens with one attached hydrogen (secondary N) is 1. The smallest absolute Gasteiger partial charge is 0.271 e. The Kier molecular flexibility index (Phi) is 4.85. The number of nitro groups is 1. The molecule has 0 unspecified atom stereocenters. The lowest BCUT2D eigenvalue weighted by Gasteiger charge is -2.16. The molecule has 6 nitrogen and oxygen atoms in total. The zero-order valence-electron chi connectivity index (χ0n) is 12.3. The van der Waals surface area contributed by atoms with Gasteiger partial charge >= 0.3 is 0 Å². The number of carbonyl (C=O) groups excluding carboxylic acids is 1. The van der Waals surface area contributed by atoms with E-state index in [1.165, 1.54) is 19.2 Å². The molecule has 2 rings (SSSR count). The molecule has 1 atom stereocenters. The monoisotopic (exact) mass is 300 g/mol. The van der Waals surface area contributed by atoms with E-state index in [4.69, 9.17) is 4.74 Å². The number of ether oxygens (including phenoxy) is 1. The molecule has 0 heterocycles. The Morgan fingerprint density at radius 2 is 1.91 bits per heavy atom. The average molecular weight is 300 g/mol. The van der Waals surface area contributed by atoms with Gasteiger partial charge in [0.1, 0.15) is 0 Å². The standard InChI is InChI=1S/C16H16N2O4/c1-11-8-9-13(18(20)21)10-14(11)17-16(19)15(22-2)12-6-4-3-5-7-12/h3-10,15H,1-2H3,(H,17,19)/t15-/m0/s1. The lowest BCUT2D eigenvalue weighted by Crippen LogP contribution is -2.23. The second-order valence-corrected chi connectivity index (χ2v) is 4.77. The van der Waals surface area contributed by atoms with Crippen molar-refractivity contribution < 1.29 is 14.5 Å². The number of hydrogen-bond acceptors (Lipinski definition) is 4. The molecule has 0 saturated heterocycles. The average Bonchev–Trinajstić information content (AvgIpc) is 2.51. The number of methoxy groups -OCH3 is 1. The fourth-order valence-electron chi connectivity index (χ4n) is 2.08. The van der Waals surface area contributed by atoms with E-state index in [1.807, 2.05) is 18.2 Å². The van der Waals surface area contributed by atoms with Crippen molar-refractivity contribution in [3.05, 3.63) is 69.8 Å². The summed E-state index contributed by atoms with van der Waals surface area (Å²) in [6, 6.07) is 13.4. The number of anilines is 1. The molecule has 0 aliphatic rings. The lowest BCUT2D eigenvalue weighted by molar-refractivity contribution is -0.384. The van der Waals surface area contributed by atoms with Crippen molar-refractivity contribution in [2.45, 2.75) is 13.0 Å². The van der Waals surface area contributed by atoms with Gasteiger partial charge in [-0.3, -0.25) is 14.9 Å². The van der Waals surface area contributed by atoms with Crippen LogP contribution in [-0.4, -0.2) is 17.9 Å². The minimum atomic E-state index is -0.778. The van der Waals surface area contributed by atoms with Gasteiger partial charge in [-0.1, -0.05) is 36.4 Å². The number of non-ortho nitro benzene ring substituents is 1. The molecule has 114 valence electrons. The number of benzene rings is 2. The lowest BCUT2D eigenvalue weighted by atomic mass is 10.1. The molecule has 0 radical (unpaired) electrons. The van der Waals surface area contributed by atoms with E-state index in [-0.39, 0.29) is 11.6 Å². The molecule has 0 aromatic heterocycles. The Labute approximate surface area is 127 Å². The minimum Gasteiger partial charge on any atom is -0.367 e. The summed E-state index contributed by atoms with van der Waals surface area (Å²) in [6.07, 6.45) is -0.778. The van der Waals surface area contributed by atoms with Gasteiger partial charge in [-0.15, -0.1) is 0 Å². The van der Waals surface area contributed by atoms with Crippen LogP contribution in [0.25, 0.3) is 0 Å². The molecule has 6 heteroatoms. The first kappa shape index (κ1) is 15.7. The maximum absolute atomic E-state index is 12.4. The summed E-state index contributed by atoms with van der Waals surface area (Å²) in [5.41, 5.74) is 1.78. The topological polar surface area (TPSA) is 81.5 Å². The van der Waals surface area contributed by atoms with E-state index in [1.54, 1.807) is 25.1 Å². The molecule has 0 saturated carbocycles. The molecule has 0 bridgehead atoms. The summed E-state index contributed by atoms with van der Waals surface area (Å²) in [7, 11) is 1.44. The fourth-order valence-corrected chi connectivity index (χ4v) is 2.08. The maximum atomic E-state index is 12.4. The molecule has 2 aromatic carbocycles. The number of rotatable bonds is 5. The zero-order chi connectivity index (χ0) is 16.1. The van der Waals surface area contributed by atoms with Gasteiger partial charge < -0.3 is 10.1 Å². The highest BCUT2D eigenvalue weighted by Gasteiger charge is 2.21. The third-order valence-electron chi connectivity index (χ3n) is 3.27. The Balaban J connectivity index is 2.24. The minimum absolute atomic E-state index is 0.0745. The second-order valence-electron chi connectivity index (χ2n) is 4.77. The van der Waals surface area contributed by atoms with Gasteiger partial charge in [-0.2, -0.15) is 0 Å². The Bertz CT molecular complexity index is 686. The zero-order valence-corrected chi connectivity index (χ0v) is 12.3. The highest BCUT2D eigenvalue weighted by atomic mass is 16.6. The number of amides is 1. The van der Waals surface area contributed by atoms with Crippen LogP contribution >= 0.6 is 0 Å². The van der Waals surface area contributed by atoms with Crippen molar-refractivity contribution in [2.24, 2.45) is 0 Å². The molecule has 2 aromatic rings. The van der Waals surface area contributed by atoms with E-state index in [2.05, 4.69) is 5.32 Å². The summed E-state index contributed by atoms with van der Waals surface area (Å²) < 4.78 is 5.24. The number of aryl methyl sites for hydroxylation is 1. The van der Waals surface area contributed by atoms with Crippen LogP contribution in [-0.2, 0) is 9.53 Å². The van der Waals surface area contributed by atoms with Crippen LogP contribution in [0, 0.1) is 17.0 Å². The van der Waals surface area contributed by atoms with Crippen molar-refractivity contribution >= 4 is 17.3 Å². The normalized spacial score (nSPS) is 11.7. The largest absolute Gasteiger partial charge is 0.367 e. The second kappa shape index (κ2) is 6.82. The summed E-state index contributed by atoms with van der Waals surface area (Å²) in [4.78, 5) is 22.7. The fraction of sp³-hybridized carbons (Fsp3) is 0.188. The molecule has 0 fully saturated rings. The summed E-state index contributed by atoms with van der Waals surface area (Å²) in [6.45, 7) is 1.77. The number of carbonyl (C=O) groups is 1. The Hall–Kier alpha value is -2.73. The van der Waals surface area contributed by atoms with E-state index in [0.29, 0.717) is 11.3 Å². The molecule has 0 aliphatic carbocycles. The van der Waals surface area contributed by atoms with E-state index in [0.717, 1.165) is 5.56 Å². The first-order valence-corrected chi connectivity index (χ1v) is 6.66. The summed E-state index contributed by atoms with van der Waals surface area (Å²) >= 11 is 0. The van der Waals surface area contributed by atoms with Gasteiger partial charge in [0.05, 0.1) is 10.6 Å². The van der Waals surface area contributed by atoms with Crippen molar-refractivity contribution in [1.82, 2.24) is 0 Å². The molecular formula is C16H16N2O4. The highest BCUT2D eigenvalue weighted by Crippen LogP contribution is 2.24. The van der Waals surface area contributed by atoms with Crippen molar-refractivity contribution in [1.29, 1.82) is 0 Å². The van der Waals surface area contributed by atoms with E-state index in [9.17, 15) is 14.9 Å². The Morgan fingerprint density at radius 3 is 2.50 bits per heavy atom. The first-order valence-electron chi connectivity index (χ1n) is 6.66.